The van der Waals surface area contributed by atoms with Crippen LogP contribution >= 0.6 is 0 Å². The van der Waals surface area contributed by atoms with Crippen molar-refractivity contribution < 1.29 is 36.2 Å². The number of fused-ring (bicyclic) bond motifs is 2. The molecule has 0 aromatic carbocycles. The zero-order chi connectivity index (χ0) is 13.6. The molecule has 3 fully saturated rings. The highest BCUT2D eigenvalue weighted by atomic mass is 19.4. The van der Waals surface area contributed by atoms with E-state index in [-0.39, 0.29) is 25.3 Å². The number of hydrogen-bond donors (Lipinski definition) is 1. The zero-order valence-corrected chi connectivity index (χ0v) is 8.97. The van der Waals surface area contributed by atoms with Gasteiger partial charge in [0.05, 0.1) is 6.10 Å². The van der Waals surface area contributed by atoms with Crippen LogP contribution in [0.25, 0.3) is 0 Å². The van der Waals surface area contributed by atoms with E-state index < -0.39 is 30.6 Å². The third-order valence-corrected chi connectivity index (χ3v) is 2.96. The predicted octanol–water partition coefficient (Wildman–Crippen LogP) is 1.55. The van der Waals surface area contributed by atoms with Crippen LogP contribution in [0.4, 0.5) is 22.0 Å². The average Bonchev–Trinajstić information content (AvgIpc) is 2.12. The Morgan fingerprint density at radius 2 is 1.94 bits per heavy atom. The largest absolute Gasteiger partial charge is 0.490 e. The van der Waals surface area contributed by atoms with Gasteiger partial charge in [0.15, 0.2) is 5.72 Å². The molecule has 3 rings (SSSR count). The summed E-state index contributed by atoms with van der Waals surface area (Å²) in [4.78, 5) is 10.7. The molecule has 1 saturated carbocycles. The molecule has 3 unspecified atom stereocenters. The maximum absolute atomic E-state index is 12.0. The van der Waals surface area contributed by atoms with Crippen LogP contribution in [-0.2, 0) is 14.3 Å². The molecule has 0 aromatic rings. The molecule has 1 N–H and O–H groups in total. The first-order chi connectivity index (χ1) is 8.20. The maximum Gasteiger partial charge on any atom is 0.490 e. The van der Waals surface area contributed by atoms with Crippen LogP contribution in [0.5, 0.6) is 0 Å². The van der Waals surface area contributed by atoms with Crippen molar-refractivity contribution in [3.8, 4) is 0 Å². The molecular formula is C9H10F5NO3. The van der Waals surface area contributed by atoms with Gasteiger partial charge in [-0.05, 0) is 6.42 Å². The first-order valence-electron chi connectivity index (χ1n) is 5.22. The molecule has 2 heterocycles. The number of carbonyl (C=O) groups excluding carboxylic acids is 1. The predicted molar refractivity (Wildman–Crippen MR) is 46.5 cm³/mol. The number of ether oxygens (including phenoxy) is 2. The second-order valence-electron chi connectivity index (χ2n) is 4.39. The monoisotopic (exact) mass is 275 g/mol. The molecule has 2 saturated heterocycles. The summed E-state index contributed by atoms with van der Waals surface area (Å²) < 4.78 is 68.7. The van der Waals surface area contributed by atoms with Crippen LogP contribution in [0, 0.1) is 0 Å². The Bertz CT molecular complexity index is 338. The first kappa shape index (κ1) is 13.5. The van der Waals surface area contributed by atoms with E-state index in [0.29, 0.717) is 0 Å². The number of hydrogen-bond acceptors (Lipinski definition) is 4. The Balaban J connectivity index is 1.94. The van der Waals surface area contributed by atoms with Crippen LogP contribution in [0.3, 0.4) is 0 Å². The molecule has 18 heavy (non-hydrogen) atoms. The van der Waals surface area contributed by atoms with Gasteiger partial charge in [0, 0.05) is 18.9 Å². The van der Waals surface area contributed by atoms with Crippen molar-refractivity contribution in [2.24, 2.45) is 0 Å². The molecule has 3 atom stereocenters. The van der Waals surface area contributed by atoms with Crippen molar-refractivity contribution >= 4 is 5.97 Å². The molecule has 9 heteroatoms. The minimum atomic E-state index is -5.10. The summed E-state index contributed by atoms with van der Waals surface area (Å²) in [5.41, 5.74) is -1.52. The van der Waals surface area contributed by atoms with E-state index in [1.165, 1.54) is 0 Å². The molecule has 2 aliphatic heterocycles. The van der Waals surface area contributed by atoms with Crippen molar-refractivity contribution in [2.45, 2.75) is 49.9 Å². The van der Waals surface area contributed by atoms with E-state index in [1.54, 1.807) is 0 Å². The summed E-state index contributed by atoms with van der Waals surface area (Å²) in [6.45, 7) is -3.00. The summed E-state index contributed by atoms with van der Waals surface area (Å²) in [6, 6.07) is -0.261. The maximum atomic E-state index is 12.0. The molecule has 4 nitrogen and oxygen atoms in total. The highest BCUT2D eigenvalue weighted by molar-refractivity contribution is 5.76. The lowest BCUT2D eigenvalue weighted by atomic mass is 9.77. The molecule has 0 aromatic heterocycles. The highest BCUT2D eigenvalue weighted by Crippen LogP contribution is 2.41. The van der Waals surface area contributed by atoms with Gasteiger partial charge in [0.2, 0.25) is 0 Å². The van der Waals surface area contributed by atoms with Crippen LogP contribution < -0.4 is 5.32 Å². The summed E-state index contributed by atoms with van der Waals surface area (Å²) in [5.74, 6) is -2.33. The average molecular weight is 275 g/mol. The highest BCUT2D eigenvalue weighted by Gasteiger charge is 2.56. The quantitative estimate of drug-likeness (QED) is 0.627. The van der Waals surface area contributed by atoms with Crippen LogP contribution in [0.2, 0.25) is 0 Å². The summed E-state index contributed by atoms with van der Waals surface area (Å²) in [5, 5.41) is 2.63. The van der Waals surface area contributed by atoms with Crippen molar-refractivity contribution in [3.05, 3.63) is 0 Å². The molecule has 1 aliphatic carbocycles. The van der Waals surface area contributed by atoms with Gasteiger partial charge in [0.25, 0.3) is 0 Å². The molecule has 0 radical (unpaired) electrons. The fraction of sp³-hybridized carbons (Fsp3) is 0.889. The number of halogens is 5. The standard InChI is InChI=1S/C9H10F5NO3/c10-7(11)17-5-1-4-2-8(3-5,15-4)18-6(16)9(12,13)14/h4-5,7,15H,1-3H2. The molecule has 104 valence electrons. The first-order valence-corrected chi connectivity index (χ1v) is 5.22. The molecule has 3 aliphatic rings. The fourth-order valence-corrected chi connectivity index (χ4v) is 2.40. The SMILES string of the molecule is O=C(OC12CC(CC(OC(F)F)C1)N2)C(F)(F)F. The van der Waals surface area contributed by atoms with E-state index in [1.807, 2.05) is 0 Å². The van der Waals surface area contributed by atoms with Crippen molar-refractivity contribution in [1.82, 2.24) is 5.32 Å². The van der Waals surface area contributed by atoms with Crippen molar-refractivity contribution in [2.75, 3.05) is 0 Å². The van der Waals surface area contributed by atoms with Gasteiger partial charge in [-0.2, -0.15) is 22.0 Å². The van der Waals surface area contributed by atoms with Crippen LogP contribution in [0.15, 0.2) is 0 Å². The van der Waals surface area contributed by atoms with Crippen LogP contribution in [-0.4, -0.2) is 36.6 Å². The minimum absolute atomic E-state index is 0.178. The number of carbonyl (C=O) groups is 1. The van der Waals surface area contributed by atoms with Gasteiger partial charge in [-0.15, -0.1) is 0 Å². The van der Waals surface area contributed by atoms with Gasteiger partial charge >= 0.3 is 18.8 Å². The Labute approximate surface area is 98.4 Å². The summed E-state index contributed by atoms with van der Waals surface area (Å²) in [6.07, 6.45) is -5.78. The molecule has 0 spiro atoms. The van der Waals surface area contributed by atoms with Crippen molar-refractivity contribution in [3.63, 3.8) is 0 Å². The lowest BCUT2D eigenvalue weighted by Crippen LogP contribution is -2.71. The van der Waals surface area contributed by atoms with E-state index in [2.05, 4.69) is 14.8 Å². The van der Waals surface area contributed by atoms with E-state index in [0.717, 1.165) is 0 Å². The fourth-order valence-electron chi connectivity index (χ4n) is 2.40. The Morgan fingerprint density at radius 1 is 1.33 bits per heavy atom. The summed E-state index contributed by atoms with van der Waals surface area (Å²) in [7, 11) is 0. The smallest absolute Gasteiger partial charge is 0.437 e. The van der Waals surface area contributed by atoms with Gasteiger partial charge in [-0.1, -0.05) is 0 Å². The normalized spacial score (nSPS) is 35.2. The number of alkyl halides is 5. The van der Waals surface area contributed by atoms with E-state index in [4.69, 9.17) is 0 Å². The minimum Gasteiger partial charge on any atom is -0.437 e. The second kappa shape index (κ2) is 4.30. The van der Waals surface area contributed by atoms with Crippen molar-refractivity contribution in [1.29, 1.82) is 0 Å². The zero-order valence-electron chi connectivity index (χ0n) is 8.97. The molecular weight excluding hydrogens is 265 g/mol. The van der Waals surface area contributed by atoms with E-state index >= 15 is 0 Å². The number of esters is 1. The third-order valence-electron chi connectivity index (χ3n) is 2.96. The van der Waals surface area contributed by atoms with Gasteiger partial charge in [-0.25, -0.2) is 4.79 Å². The number of piperidine rings is 1. The second-order valence-corrected chi connectivity index (χ2v) is 4.39. The Hall–Kier alpha value is -0.960. The Kier molecular flexibility index (Phi) is 3.22. The van der Waals surface area contributed by atoms with Gasteiger partial charge < -0.3 is 9.47 Å². The third kappa shape index (κ3) is 2.72. The number of rotatable bonds is 3. The molecule has 2 bridgehead atoms. The van der Waals surface area contributed by atoms with Crippen LogP contribution in [0.1, 0.15) is 19.3 Å². The van der Waals surface area contributed by atoms with Gasteiger partial charge in [-0.3, -0.25) is 5.32 Å². The lowest BCUT2D eigenvalue weighted by molar-refractivity contribution is -0.256. The van der Waals surface area contributed by atoms with Gasteiger partial charge in [0.1, 0.15) is 0 Å². The number of nitrogens with one attached hydrogen (secondary N) is 1. The van der Waals surface area contributed by atoms with E-state index in [9.17, 15) is 26.7 Å². The lowest BCUT2D eigenvalue weighted by Gasteiger charge is -2.54. The Morgan fingerprint density at radius 3 is 2.44 bits per heavy atom. The molecule has 0 amide bonds. The summed E-state index contributed by atoms with van der Waals surface area (Å²) >= 11 is 0. The topological polar surface area (TPSA) is 47.6 Å².